The van der Waals surface area contributed by atoms with Crippen LogP contribution in [0, 0.1) is 0 Å². The lowest BCUT2D eigenvalue weighted by Gasteiger charge is -2.18. The first-order valence-corrected chi connectivity index (χ1v) is 30.5. The van der Waals surface area contributed by atoms with Gasteiger partial charge in [0.25, 0.3) is 0 Å². The molecule has 70 heavy (non-hydrogen) atoms. The average Bonchev–Trinajstić information content (AvgIpc) is 3.36. The Morgan fingerprint density at radius 1 is 0.329 bits per heavy atom. The van der Waals surface area contributed by atoms with E-state index in [-0.39, 0.29) is 25.2 Å². The van der Waals surface area contributed by atoms with Gasteiger partial charge in [-0.3, -0.25) is 9.59 Å². The van der Waals surface area contributed by atoms with Gasteiger partial charge in [0.1, 0.15) is 6.61 Å². The van der Waals surface area contributed by atoms with Gasteiger partial charge >= 0.3 is 11.9 Å². The molecule has 0 rings (SSSR count). The molecule has 0 fully saturated rings. The molecule has 0 spiro atoms. The minimum Gasteiger partial charge on any atom is -0.462 e. The highest BCUT2D eigenvalue weighted by molar-refractivity contribution is 5.70. The van der Waals surface area contributed by atoms with Crippen LogP contribution >= 0.6 is 0 Å². The van der Waals surface area contributed by atoms with Crippen LogP contribution < -0.4 is 0 Å². The number of unbranched alkanes of at least 4 members (excludes halogenated alkanes) is 33. The van der Waals surface area contributed by atoms with Crippen molar-refractivity contribution in [3.05, 3.63) is 72.9 Å². The van der Waals surface area contributed by atoms with Crippen LogP contribution in [0.4, 0.5) is 0 Å². The van der Waals surface area contributed by atoms with E-state index in [9.17, 15) is 9.59 Å². The largest absolute Gasteiger partial charge is 0.462 e. The second kappa shape index (κ2) is 60.6. The van der Waals surface area contributed by atoms with E-state index in [1.165, 1.54) is 199 Å². The Morgan fingerprint density at radius 2 is 0.643 bits per heavy atom. The number of hydrogen-bond acceptors (Lipinski definition) is 5. The summed E-state index contributed by atoms with van der Waals surface area (Å²) < 4.78 is 17.5. The molecular formula is C65H116O5. The molecule has 5 nitrogen and oxygen atoms in total. The first-order chi connectivity index (χ1) is 34.6. The van der Waals surface area contributed by atoms with E-state index in [0.717, 1.165) is 70.6 Å². The van der Waals surface area contributed by atoms with Crippen molar-refractivity contribution in [2.24, 2.45) is 0 Å². The number of allylic oxidation sites excluding steroid dienone is 12. The summed E-state index contributed by atoms with van der Waals surface area (Å²) >= 11 is 0. The third-order valence-electron chi connectivity index (χ3n) is 13.2. The second-order valence-electron chi connectivity index (χ2n) is 20.2. The van der Waals surface area contributed by atoms with Crippen LogP contribution in [0.25, 0.3) is 0 Å². The maximum atomic E-state index is 12.9. The Hall–Kier alpha value is -2.66. The van der Waals surface area contributed by atoms with E-state index >= 15 is 0 Å². The molecule has 0 amide bonds. The molecule has 0 aliphatic heterocycles. The molecule has 0 saturated carbocycles. The van der Waals surface area contributed by atoms with Crippen molar-refractivity contribution in [1.82, 2.24) is 0 Å². The number of carbonyl (C=O) groups excluding carboxylic acids is 2. The van der Waals surface area contributed by atoms with Gasteiger partial charge in [-0.1, -0.05) is 254 Å². The average molecular weight is 978 g/mol. The molecule has 0 aliphatic rings. The minimum absolute atomic E-state index is 0.0765. The monoisotopic (exact) mass is 977 g/mol. The fourth-order valence-electron chi connectivity index (χ4n) is 8.67. The van der Waals surface area contributed by atoms with E-state index in [1.807, 2.05) is 0 Å². The summed E-state index contributed by atoms with van der Waals surface area (Å²) in [6, 6.07) is 0. The van der Waals surface area contributed by atoms with Crippen molar-refractivity contribution in [1.29, 1.82) is 0 Å². The molecule has 0 aliphatic carbocycles. The number of carbonyl (C=O) groups is 2. The van der Waals surface area contributed by atoms with E-state index in [2.05, 4.69) is 93.7 Å². The Morgan fingerprint density at radius 3 is 1.04 bits per heavy atom. The van der Waals surface area contributed by atoms with Gasteiger partial charge in [0.15, 0.2) is 6.10 Å². The predicted octanol–water partition coefficient (Wildman–Crippen LogP) is 21.0. The van der Waals surface area contributed by atoms with Crippen LogP contribution in [0.5, 0.6) is 0 Å². The van der Waals surface area contributed by atoms with Gasteiger partial charge < -0.3 is 14.2 Å². The highest BCUT2D eigenvalue weighted by Crippen LogP contribution is 2.15. The molecule has 0 radical (unpaired) electrons. The highest BCUT2D eigenvalue weighted by atomic mass is 16.6. The van der Waals surface area contributed by atoms with Crippen LogP contribution in [-0.2, 0) is 23.8 Å². The Balaban J connectivity index is 4.30. The van der Waals surface area contributed by atoms with Crippen molar-refractivity contribution in [2.45, 2.75) is 309 Å². The summed E-state index contributed by atoms with van der Waals surface area (Å²) in [4.78, 5) is 25.6. The van der Waals surface area contributed by atoms with Gasteiger partial charge in [-0.2, -0.15) is 0 Å². The minimum atomic E-state index is -0.549. The summed E-state index contributed by atoms with van der Waals surface area (Å²) in [5.74, 6) is -0.403. The molecule has 0 heterocycles. The molecule has 0 aromatic carbocycles. The Labute approximate surface area is 436 Å². The van der Waals surface area contributed by atoms with Crippen LogP contribution in [0.3, 0.4) is 0 Å². The summed E-state index contributed by atoms with van der Waals surface area (Å²) in [5.41, 5.74) is 0. The van der Waals surface area contributed by atoms with Crippen molar-refractivity contribution in [3.8, 4) is 0 Å². The normalized spacial score (nSPS) is 12.7. The predicted molar refractivity (Wildman–Crippen MR) is 307 cm³/mol. The second-order valence-corrected chi connectivity index (χ2v) is 20.2. The van der Waals surface area contributed by atoms with E-state index in [4.69, 9.17) is 14.2 Å². The van der Waals surface area contributed by atoms with Crippen LogP contribution in [-0.4, -0.2) is 37.9 Å². The smallest absolute Gasteiger partial charge is 0.306 e. The maximum absolute atomic E-state index is 12.9. The third-order valence-corrected chi connectivity index (χ3v) is 13.2. The highest BCUT2D eigenvalue weighted by Gasteiger charge is 2.17. The summed E-state index contributed by atoms with van der Waals surface area (Å²) in [5, 5.41) is 0. The molecule has 0 saturated heterocycles. The van der Waals surface area contributed by atoms with Crippen LogP contribution in [0.15, 0.2) is 72.9 Å². The van der Waals surface area contributed by atoms with E-state index in [0.29, 0.717) is 19.4 Å². The Bertz CT molecular complexity index is 1240. The number of ether oxygens (including phenoxy) is 3. The standard InChI is InChI=1S/C65H116O5/c1-4-7-10-13-16-19-22-25-28-31-32-33-36-39-42-45-48-51-54-57-60-68-61-63(70-65(67)59-56-53-50-47-44-41-38-35-30-27-24-21-18-15-12-9-6-3)62-69-64(66)58-55-52-49-46-43-40-37-34-29-26-23-20-17-14-11-8-5-2/h7,10,16,19,25-30,32-33,63H,4-6,8-9,11-15,17-18,20-24,31,34-62H2,1-3H3/b10-7-,19-16-,28-25-,29-26-,30-27-,33-32-. The number of hydrogen-bond donors (Lipinski definition) is 0. The lowest BCUT2D eigenvalue weighted by atomic mass is 10.1. The van der Waals surface area contributed by atoms with Gasteiger partial charge in [0, 0.05) is 19.4 Å². The van der Waals surface area contributed by atoms with Gasteiger partial charge in [0.05, 0.1) is 6.61 Å². The first-order valence-electron chi connectivity index (χ1n) is 30.5. The first kappa shape index (κ1) is 67.3. The lowest BCUT2D eigenvalue weighted by molar-refractivity contribution is -0.163. The van der Waals surface area contributed by atoms with E-state index in [1.54, 1.807) is 0 Å². The molecule has 1 unspecified atom stereocenters. The zero-order valence-electron chi connectivity index (χ0n) is 46.8. The topological polar surface area (TPSA) is 61.8 Å². The van der Waals surface area contributed by atoms with Crippen LogP contribution in [0.1, 0.15) is 303 Å². The summed E-state index contributed by atoms with van der Waals surface area (Å²) in [7, 11) is 0. The molecule has 5 heteroatoms. The summed E-state index contributed by atoms with van der Waals surface area (Å²) in [6.07, 6.45) is 79.3. The molecule has 0 aromatic rings. The SMILES string of the molecule is CC/C=C\C/C=C\C/C=C\C/C=C\CCCCCCCCCOCC(COC(=O)CCCCCCCCC/C=C\CCCCCCCC)OC(=O)CCCCCCCCC/C=C\CCCCCCCC. The maximum Gasteiger partial charge on any atom is 0.306 e. The van der Waals surface area contributed by atoms with E-state index < -0.39 is 6.10 Å². The van der Waals surface area contributed by atoms with Crippen molar-refractivity contribution < 1.29 is 23.8 Å². The van der Waals surface area contributed by atoms with Crippen LogP contribution in [0.2, 0.25) is 0 Å². The third kappa shape index (κ3) is 57.9. The number of rotatable bonds is 56. The number of esters is 2. The van der Waals surface area contributed by atoms with Crippen molar-refractivity contribution in [2.75, 3.05) is 19.8 Å². The quantitative estimate of drug-likeness (QED) is 0.0345. The van der Waals surface area contributed by atoms with Gasteiger partial charge in [0.2, 0.25) is 0 Å². The zero-order chi connectivity index (χ0) is 50.6. The molecule has 406 valence electrons. The molecule has 1 atom stereocenters. The fourth-order valence-corrected chi connectivity index (χ4v) is 8.67. The molecule has 0 bridgehead atoms. The zero-order valence-corrected chi connectivity index (χ0v) is 46.8. The van der Waals surface area contributed by atoms with Crippen molar-refractivity contribution in [3.63, 3.8) is 0 Å². The van der Waals surface area contributed by atoms with Gasteiger partial charge in [-0.05, 0) is 109 Å². The molecule has 0 N–H and O–H groups in total. The lowest BCUT2D eigenvalue weighted by Crippen LogP contribution is -2.30. The van der Waals surface area contributed by atoms with Gasteiger partial charge in [-0.15, -0.1) is 0 Å². The Kier molecular flexibility index (Phi) is 58.3. The van der Waals surface area contributed by atoms with Crippen molar-refractivity contribution >= 4 is 11.9 Å². The molecular weight excluding hydrogens is 861 g/mol. The summed E-state index contributed by atoms with van der Waals surface area (Å²) in [6.45, 7) is 7.71. The molecule has 0 aromatic heterocycles. The van der Waals surface area contributed by atoms with Gasteiger partial charge in [-0.25, -0.2) is 0 Å². The fraction of sp³-hybridized carbons (Fsp3) is 0.785.